The Balaban J connectivity index is 0. The molecule has 5 heteroatoms. The van der Waals surface area contributed by atoms with Gasteiger partial charge in [-0.05, 0) is 0 Å². The Hall–Kier alpha value is 0.594. The van der Waals surface area contributed by atoms with Crippen LogP contribution in [0, 0.1) is 0 Å². The van der Waals surface area contributed by atoms with Crippen LogP contribution in [0.4, 0.5) is 0 Å². The van der Waals surface area contributed by atoms with Gasteiger partial charge < -0.3 is 12.4 Å². The van der Waals surface area contributed by atoms with Crippen molar-refractivity contribution in [3.63, 3.8) is 0 Å². The number of hydrogen-bond donors (Lipinski definition) is 0. The third-order valence-corrected chi connectivity index (χ3v) is 2.62. The maximum atomic E-state index is 11.0. The summed E-state index contributed by atoms with van der Waals surface area (Å²) in [5.41, 5.74) is 0. The van der Waals surface area contributed by atoms with Crippen LogP contribution in [0.2, 0.25) is 0 Å². The molecule has 0 saturated carbocycles. The fourth-order valence-electron chi connectivity index (χ4n) is 0.604. The second-order valence-corrected chi connectivity index (χ2v) is 4.10. The molecule has 0 aliphatic rings. The first-order chi connectivity index (χ1) is 5.81. The number of hydrogen-bond acceptors (Lipinski definition) is 3. The van der Waals surface area contributed by atoms with E-state index in [9.17, 15) is 3.67 Å². The smallest absolute Gasteiger partial charge is 1.00 e. The predicted octanol–water partition coefficient (Wildman–Crippen LogP) is -0.582. The van der Waals surface area contributed by atoms with Gasteiger partial charge >= 0.3 is 79.5 Å². The zero-order valence-electron chi connectivity index (χ0n) is 8.29. The SMILES string of the molecule is CCCC[O][V+](=[O])[O]CCCC.[Cl-]. The van der Waals surface area contributed by atoms with Gasteiger partial charge in [0.2, 0.25) is 0 Å². The van der Waals surface area contributed by atoms with E-state index in [1.807, 2.05) is 0 Å². The third-order valence-electron chi connectivity index (χ3n) is 1.39. The summed E-state index contributed by atoms with van der Waals surface area (Å²) >= 11 is -2.58. The van der Waals surface area contributed by atoms with E-state index >= 15 is 0 Å². The van der Waals surface area contributed by atoms with Crippen LogP contribution in [0.25, 0.3) is 0 Å². The van der Waals surface area contributed by atoms with Crippen molar-refractivity contribution in [1.29, 1.82) is 0 Å². The number of rotatable bonds is 8. The van der Waals surface area contributed by atoms with Crippen LogP contribution >= 0.6 is 0 Å². The Bertz CT molecular complexity index is 110. The number of unbranched alkanes of at least 4 members (excludes halogenated alkanes) is 2. The summed E-state index contributed by atoms with van der Waals surface area (Å²) in [6.45, 7) is 5.30. The van der Waals surface area contributed by atoms with Gasteiger partial charge in [0.25, 0.3) is 0 Å². The van der Waals surface area contributed by atoms with E-state index in [2.05, 4.69) is 13.8 Å². The van der Waals surface area contributed by atoms with Gasteiger partial charge in [-0.1, -0.05) is 0 Å². The van der Waals surface area contributed by atoms with E-state index in [1.165, 1.54) is 0 Å². The monoisotopic (exact) mass is 248 g/mol. The zero-order valence-corrected chi connectivity index (χ0v) is 10.4. The maximum absolute atomic E-state index is 11.0. The summed E-state index contributed by atoms with van der Waals surface area (Å²) in [5.74, 6) is 0. The molecule has 0 aromatic rings. The fourth-order valence-corrected chi connectivity index (χ4v) is 1.59. The van der Waals surface area contributed by atoms with Crippen molar-refractivity contribution in [2.45, 2.75) is 39.5 Å². The van der Waals surface area contributed by atoms with E-state index in [-0.39, 0.29) is 12.4 Å². The molecule has 0 N–H and O–H groups in total. The van der Waals surface area contributed by atoms with E-state index < -0.39 is 15.8 Å². The molecular formula is C8H18ClO3V. The van der Waals surface area contributed by atoms with Gasteiger partial charge in [-0.2, -0.15) is 0 Å². The molecule has 0 heterocycles. The molecule has 0 fully saturated rings. The summed E-state index contributed by atoms with van der Waals surface area (Å²) in [6, 6.07) is 0. The largest absolute Gasteiger partial charge is 1.00 e. The Morgan fingerprint density at radius 1 is 1.00 bits per heavy atom. The molecule has 0 amide bonds. The summed E-state index contributed by atoms with van der Waals surface area (Å²) in [5, 5.41) is 0. The van der Waals surface area contributed by atoms with E-state index in [0.717, 1.165) is 25.7 Å². The van der Waals surface area contributed by atoms with Crippen LogP contribution in [-0.4, -0.2) is 13.2 Å². The second-order valence-electron chi connectivity index (χ2n) is 2.60. The summed E-state index contributed by atoms with van der Waals surface area (Å²) in [7, 11) is 0. The van der Waals surface area contributed by atoms with E-state index in [4.69, 9.17) is 7.32 Å². The Morgan fingerprint density at radius 3 is 1.69 bits per heavy atom. The van der Waals surface area contributed by atoms with Crippen LogP contribution in [0.15, 0.2) is 0 Å². The minimum absolute atomic E-state index is 0. The average molecular weight is 249 g/mol. The van der Waals surface area contributed by atoms with Crippen molar-refractivity contribution < 1.29 is 39.2 Å². The van der Waals surface area contributed by atoms with Gasteiger partial charge in [-0.15, -0.1) is 0 Å². The summed E-state index contributed by atoms with van der Waals surface area (Å²) < 4.78 is 21.0. The van der Waals surface area contributed by atoms with Crippen molar-refractivity contribution >= 4 is 0 Å². The predicted molar refractivity (Wildman–Crippen MR) is 42.4 cm³/mol. The molecule has 0 aliphatic carbocycles. The third kappa shape index (κ3) is 12.6. The standard InChI is InChI=1S/2C4H9O.ClH.O.V/c2*1-2-3-4-5;;;/h2*2-4H2,1H3;1H;;/q2*-1;;;+3/p-1. The quantitative estimate of drug-likeness (QED) is 0.539. The molecule has 0 unspecified atom stereocenters. The van der Waals surface area contributed by atoms with Crippen LogP contribution in [0.3, 0.4) is 0 Å². The fraction of sp³-hybridized carbons (Fsp3) is 1.00. The molecule has 0 radical (unpaired) electrons. The molecule has 3 nitrogen and oxygen atoms in total. The zero-order chi connectivity index (χ0) is 9.23. The minimum Gasteiger partial charge on any atom is -1.00 e. The Kier molecular flexibility index (Phi) is 15.5. The van der Waals surface area contributed by atoms with Crippen LogP contribution in [0.1, 0.15) is 39.5 Å². The molecule has 0 aromatic heterocycles. The van der Waals surface area contributed by atoms with Crippen LogP contribution < -0.4 is 12.4 Å². The van der Waals surface area contributed by atoms with Crippen molar-refractivity contribution in [3.05, 3.63) is 0 Å². The first-order valence-corrected chi connectivity index (χ1v) is 6.25. The molecule has 0 spiro atoms. The van der Waals surface area contributed by atoms with Gasteiger partial charge in [0.1, 0.15) is 0 Å². The second kappa shape index (κ2) is 12.6. The molecule has 13 heavy (non-hydrogen) atoms. The average Bonchev–Trinajstić information content (AvgIpc) is 2.06. The summed E-state index contributed by atoms with van der Waals surface area (Å²) in [6.07, 6.45) is 4.06. The van der Waals surface area contributed by atoms with Gasteiger partial charge in [0.15, 0.2) is 0 Å². The molecule has 0 bridgehead atoms. The molecule has 0 saturated heterocycles. The topological polar surface area (TPSA) is 35.5 Å². The van der Waals surface area contributed by atoms with Crippen LogP contribution in [-0.2, 0) is 26.8 Å². The molecule has 0 aliphatic heterocycles. The first-order valence-electron chi connectivity index (χ1n) is 4.54. The Morgan fingerprint density at radius 2 is 1.38 bits per heavy atom. The van der Waals surface area contributed by atoms with Crippen molar-refractivity contribution in [2.75, 3.05) is 13.2 Å². The van der Waals surface area contributed by atoms with Gasteiger partial charge in [-0.3, -0.25) is 0 Å². The van der Waals surface area contributed by atoms with Gasteiger partial charge in [0, 0.05) is 0 Å². The maximum Gasteiger partial charge on any atom is -1.00 e. The van der Waals surface area contributed by atoms with Crippen LogP contribution in [0.5, 0.6) is 0 Å². The molecule has 80 valence electrons. The van der Waals surface area contributed by atoms with Gasteiger partial charge in [-0.25, -0.2) is 0 Å². The Labute approximate surface area is 92.1 Å². The van der Waals surface area contributed by atoms with Gasteiger partial charge in [0.05, 0.1) is 0 Å². The van der Waals surface area contributed by atoms with Crippen molar-refractivity contribution in [2.24, 2.45) is 0 Å². The molecule has 0 aromatic carbocycles. The summed E-state index contributed by atoms with van der Waals surface area (Å²) in [4.78, 5) is 0. The van der Waals surface area contributed by atoms with Crippen molar-refractivity contribution in [1.82, 2.24) is 0 Å². The molecule has 0 atom stereocenters. The first kappa shape index (κ1) is 16.0. The van der Waals surface area contributed by atoms with Crippen molar-refractivity contribution in [3.8, 4) is 0 Å². The molecule has 0 rings (SSSR count). The minimum atomic E-state index is -2.58. The van der Waals surface area contributed by atoms with E-state index in [0.29, 0.717) is 13.2 Å². The number of halogens is 1. The molecular weight excluding hydrogens is 230 g/mol. The van der Waals surface area contributed by atoms with E-state index in [1.54, 1.807) is 0 Å². The normalized spacial score (nSPS) is 9.38.